The zero-order valence-corrected chi connectivity index (χ0v) is 12.9. The predicted octanol–water partition coefficient (Wildman–Crippen LogP) is 1.41. The maximum Gasteiger partial charge on any atom is 0.242 e. The van der Waals surface area contributed by atoms with Gasteiger partial charge in [-0.05, 0) is 19.1 Å². The molecule has 2 rings (SSSR count). The van der Waals surface area contributed by atoms with Crippen LogP contribution < -0.4 is 10.0 Å². The summed E-state index contributed by atoms with van der Waals surface area (Å²) >= 11 is 1.56. The minimum Gasteiger partial charge on any atom is -0.373 e. The molecule has 0 radical (unpaired) electrons. The molecule has 108 valence electrons. The molecular weight excluding hydrogens is 296 g/mol. The first-order chi connectivity index (χ1) is 9.51. The fourth-order valence-corrected chi connectivity index (χ4v) is 3.23. The van der Waals surface area contributed by atoms with Crippen LogP contribution >= 0.6 is 11.3 Å². The van der Waals surface area contributed by atoms with Crippen molar-refractivity contribution in [1.29, 1.82) is 0 Å². The molecule has 0 spiro atoms. The van der Waals surface area contributed by atoms with Crippen molar-refractivity contribution in [2.75, 3.05) is 18.9 Å². The number of nitrogens with zero attached hydrogens (tertiary/aromatic N) is 2. The number of pyridine rings is 1. The van der Waals surface area contributed by atoms with Crippen LogP contribution in [-0.2, 0) is 16.4 Å². The Balaban J connectivity index is 1.96. The molecule has 0 fully saturated rings. The van der Waals surface area contributed by atoms with Crippen molar-refractivity contribution >= 4 is 27.2 Å². The highest BCUT2D eigenvalue weighted by Crippen LogP contribution is 2.11. The van der Waals surface area contributed by atoms with Gasteiger partial charge < -0.3 is 5.32 Å². The van der Waals surface area contributed by atoms with Gasteiger partial charge in [0, 0.05) is 31.6 Å². The lowest BCUT2D eigenvalue weighted by molar-refractivity contribution is 0.581. The predicted molar refractivity (Wildman–Crippen MR) is 79.5 cm³/mol. The molecule has 2 N–H and O–H groups in total. The summed E-state index contributed by atoms with van der Waals surface area (Å²) in [5.41, 5.74) is 0.902. The molecule has 2 heterocycles. The second-order valence-electron chi connectivity index (χ2n) is 4.13. The molecule has 0 unspecified atom stereocenters. The Morgan fingerprint density at radius 1 is 1.35 bits per heavy atom. The number of anilines is 1. The smallest absolute Gasteiger partial charge is 0.242 e. The van der Waals surface area contributed by atoms with Gasteiger partial charge in [0.05, 0.1) is 10.7 Å². The lowest BCUT2D eigenvalue weighted by atomic mass is 10.3. The number of nitrogens with one attached hydrogen (secondary N) is 2. The zero-order chi connectivity index (χ0) is 14.6. The fraction of sp³-hybridized carbons (Fsp3) is 0.333. The third kappa shape index (κ3) is 3.75. The van der Waals surface area contributed by atoms with Crippen molar-refractivity contribution in [1.82, 2.24) is 14.7 Å². The summed E-state index contributed by atoms with van der Waals surface area (Å²) in [5.74, 6) is 0.627. The average Bonchev–Trinajstić information content (AvgIpc) is 2.84. The van der Waals surface area contributed by atoms with E-state index in [0.717, 1.165) is 10.7 Å². The number of thiazole rings is 1. The molecule has 8 heteroatoms. The molecule has 0 bridgehead atoms. The summed E-state index contributed by atoms with van der Waals surface area (Å²) in [4.78, 5) is 8.44. The average molecular weight is 312 g/mol. The summed E-state index contributed by atoms with van der Waals surface area (Å²) < 4.78 is 26.6. The topological polar surface area (TPSA) is 84.0 Å². The van der Waals surface area contributed by atoms with E-state index in [2.05, 4.69) is 20.0 Å². The van der Waals surface area contributed by atoms with Crippen LogP contribution in [0.1, 0.15) is 10.7 Å². The Morgan fingerprint density at radius 3 is 2.70 bits per heavy atom. The van der Waals surface area contributed by atoms with E-state index >= 15 is 0 Å². The van der Waals surface area contributed by atoms with E-state index < -0.39 is 10.0 Å². The van der Waals surface area contributed by atoms with Crippen LogP contribution in [-0.4, -0.2) is 32.0 Å². The second kappa shape index (κ2) is 6.29. The maximum atomic E-state index is 12.0. The zero-order valence-electron chi connectivity index (χ0n) is 11.3. The van der Waals surface area contributed by atoms with Crippen LogP contribution in [0, 0.1) is 6.92 Å². The molecule has 2 aromatic rings. The van der Waals surface area contributed by atoms with Gasteiger partial charge in [0.1, 0.15) is 10.7 Å². The Morgan fingerprint density at radius 2 is 2.15 bits per heavy atom. The van der Waals surface area contributed by atoms with Gasteiger partial charge in [-0.3, -0.25) is 0 Å². The van der Waals surface area contributed by atoms with Crippen molar-refractivity contribution in [3.8, 4) is 0 Å². The SMILES string of the molecule is CNc1ccc(S(=O)(=O)NCCc2csc(C)n2)cn1. The molecule has 20 heavy (non-hydrogen) atoms. The highest BCUT2D eigenvalue weighted by Gasteiger charge is 2.14. The normalized spacial score (nSPS) is 11.5. The van der Waals surface area contributed by atoms with Crippen molar-refractivity contribution in [2.24, 2.45) is 0 Å². The molecule has 2 aromatic heterocycles. The van der Waals surface area contributed by atoms with E-state index in [4.69, 9.17) is 0 Å². The largest absolute Gasteiger partial charge is 0.373 e. The van der Waals surface area contributed by atoms with Crippen molar-refractivity contribution < 1.29 is 8.42 Å². The van der Waals surface area contributed by atoms with E-state index in [1.54, 1.807) is 24.5 Å². The standard InChI is InChI=1S/C12H16N4O2S2/c1-9-16-10(8-19-9)5-6-15-20(17,18)11-3-4-12(13-2)14-7-11/h3-4,7-8,15H,5-6H2,1-2H3,(H,13,14). The monoisotopic (exact) mass is 312 g/mol. The van der Waals surface area contributed by atoms with Gasteiger partial charge in [0.2, 0.25) is 10.0 Å². The molecule has 0 saturated carbocycles. The van der Waals surface area contributed by atoms with Crippen molar-refractivity contribution in [3.05, 3.63) is 34.4 Å². The maximum absolute atomic E-state index is 12.0. The van der Waals surface area contributed by atoms with Gasteiger partial charge in [-0.15, -0.1) is 11.3 Å². The molecule has 0 aromatic carbocycles. The summed E-state index contributed by atoms with van der Waals surface area (Å²) in [6.45, 7) is 2.24. The quantitative estimate of drug-likeness (QED) is 0.842. The van der Waals surface area contributed by atoms with Crippen molar-refractivity contribution in [3.63, 3.8) is 0 Å². The number of sulfonamides is 1. The third-order valence-corrected chi connectivity index (χ3v) is 4.91. The molecule has 0 amide bonds. The number of aromatic nitrogens is 2. The first-order valence-electron chi connectivity index (χ1n) is 6.06. The van der Waals surface area contributed by atoms with Crippen LogP contribution in [0.25, 0.3) is 0 Å². The Bertz CT molecular complexity index is 665. The first-order valence-corrected chi connectivity index (χ1v) is 8.42. The first kappa shape index (κ1) is 14.9. The molecule has 0 saturated heterocycles. The van der Waals surface area contributed by atoms with Crippen LogP contribution in [0.5, 0.6) is 0 Å². The number of aryl methyl sites for hydroxylation is 1. The van der Waals surface area contributed by atoms with E-state index in [0.29, 0.717) is 18.8 Å². The number of hydrogen-bond donors (Lipinski definition) is 2. The fourth-order valence-electron chi connectivity index (χ4n) is 1.61. The summed E-state index contributed by atoms with van der Waals surface area (Å²) in [7, 11) is -1.79. The molecule has 0 atom stereocenters. The second-order valence-corrected chi connectivity index (χ2v) is 6.96. The van der Waals surface area contributed by atoms with Gasteiger partial charge in [-0.2, -0.15) is 0 Å². The Kier molecular flexibility index (Phi) is 4.69. The summed E-state index contributed by atoms with van der Waals surface area (Å²) in [6, 6.07) is 3.15. The van der Waals surface area contributed by atoms with Gasteiger partial charge in [0.25, 0.3) is 0 Å². The number of rotatable bonds is 6. The van der Waals surface area contributed by atoms with Gasteiger partial charge >= 0.3 is 0 Å². The van der Waals surface area contributed by atoms with E-state index in [1.807, 2.05) is 12.3 Å². The Labute approximate surface area is 122 Å². The van der Waals surface area contributed by atoms with Crippen LogP contribution in [0.15, 0.2) is 28.6 Å². The van der Waals surface area contributed by atoms with Crippen LogP contribution in [0.2, 0.25) is 0 Å². The van der Waals surface area contributed by atoms with Gasteiger partial charge in [0.15, 0.2) is 0 Å². The van der Waals surface area contributed by atoms with Gasteiger partial charge in [-0.25, -0.2) is 23.1 Å². The molecule has 0 aliphatic rings. The molecule has 0 aliphatic heterocycles. The van der Waals surface area contributed by atoms with E-state index in [-0.39, 0.29) is 4.90 Å². The van der Waals surface area contributed by atoms with E-state index in [1.165, 1.54) is 12.3 Å². The van der Waals surface area contributed by atoms with E-state index in [9.17, 15) is 8.42 Å². The highest BCUT2D eigenvalue weighted by molar-refractivity contribution is 7.89. The summed E-state index contributed by atoms with van der Waals surface area (Å²) in [6.07, 6.45) is 1.91. The lowest BCUT2D eigenvalue weighted by Gasteiger charge is -2.06. The van der Waals surface area contributed by atoms with Gasteiger partial charge in [-0.1, -0.05) is 0 Å². The third-order valence-electron chi connectivity index (χ3n) is 2.64. The van der Waals surface area contributed by atoms with Crippen molar-refractivity contribution in [2.45, 2.75) is 18.2 Å². The number of hydrogen-bond acceptors (Lipinski definition) is 6. The Hall–Kier alpha value is -1.51. The minimum atomic E-state index is -3.51. The van der Waals surface area contributed by atoms with Crippen LogP contribution in [0.3, 0.4) is 0 Å². The minimum absolute atomic E-state index is 0.158. The molecular formula is C12H16N4O2S2. The summed E-state index contributed by atoms with van der Waals surface area (Å²) in [5, 5.41) is 5.76. The highest BCUT2D eigenvalue weighted by atomic mass is 32.2. The van der Waals surface area contributed by atoms with Crippen LogP contribution in [0.4, 0.5) is 5.82 Å². The molecule has 0 aliphatic carbocycles. The lowest BCUT2D eigenvalue weighted by Crippen LogP contribution is -2.26. The molecule has 6 nitrogen and oxygen atoms in total.